The van der Waals surface area contributed by atoms with Crippen LogP contribution in [-0.2, 0) is 16.6 Å². The Balaban J connectivity index is 2.40. The van der Waals surface area contributed by atoms with Crippen LogP contribution in [0.15, 0.2) is 24.4 Å². The van der Waals surface area contributed by atoms with Crippen LogP contribution in [0.2, 0.25) is 0 Å². The fourth-order valence-corrected chi connectivity index (χ4v) is 2.52. The van der Waals surface area contributed by atoms with Gasteiger partial charge in [-0.3, -0.25) is 9.52 Å². The summed E-state index contributed by atoms with van der Waals surface area (Å²) in [4.78, 5) is 14.7. The monoisotopic (exact) mass is 374 g/mol. The van der Waals surface area contributed by atoms with E-state index in [4.69, 9.17) is 5.73 Å². The molecule has 2 rings (SSSR count). The Morgan fingerprint density at radius 3 is 2.52 bits per heavy atom. The van der Waals surface area contributed by atoms with E-state index >= 15 is 0 Å². The molecular weight excluding hydrogens is 361 g/mol. The van der Waals surface area contributed by atoms with Crippen LogP contribution >= 0.6 is 0 Å². The van der Waals surface area contributed by atoms with E-state index in [1.807, 2.05) is 9.44 Å². The second kappa shape index (κ2) is 7.07. The number of pyridine rings is 1. The van der Waals surface area contributed by atoms with E-state index in [0.717, 1.165) is 25.4 Å². The third-order valence-electron chi connectivity index (χ3n) is 3.22. The van der Waals surface area contributed by atoms with Gasteiger partial charge >= 0.3 is 0 Å². The van der Waals surface area contributed by atoms with Crippen molar-refractivity contribution < 1.29 is 26.4 Å². The van der Waals surface area contributed by atoms with Gasteiger partial charge in [0.05, 0.1) is 5.56 Å². The normalized spacial score (nSPS) is 11.4. The number of nitrogens with one attached hydrogen (secondary N) is 2. The molecule has 0 aliphatic carbocycles. The Kier molecular flexibility index (Phi) is 5.28. The number of amides is 1. The largest absolute Gasteiger partial charge is 0.366 e. The van der Waals surface area contributed by atoms with Gasteiger partial charge in [0.25, 0.3) is 16.1 Å². The van der Waals surface area contributed by atoms with Crippen molar-refractivity contribution in [3.8, 4) is 0 Å². The number of rotatable bonds is 6. The number of anilines is 1. The molecule has 0 bridgehead atoms. The molecule has 134 valence electrons. The van der Waals surface area contributed by atoms with Gasteiger partial charge in [0.2, 0.25) is 0 Å². The van der Waals surface area contributed by atoms with Crippen molar-refractivity contribution in [2.45, 2.75) is 6.42 Å². The summed E-state index contributed by atoms with van der Waals surface area (Å²) in [6.45, 7) is 0. The number of benzene rings is 1. The molecule has 7 nitrogen and oxygen atoms in total. The van der Waals surface area contributed by atoms with Crippen LogP contribution in [-0.4, -0.2) is 26.4 Å². The Labute approximate surface area is 141 Å². The molecule has 0 saturated carbocycles. The first-order valence-corrected chi connectivity index (χ1v) is 8.25. The van der Waals surface area contributed by atoms with Crippen molar-refractivity contribution >= 4 is 21.9 Å². The molecule has 25 heavy (non-hydrogen) atoms. The van der Waals surface area contributed by atoms with E-state index in [1.165, 1.54) is 6.07 Å². The molecule has 4 N–H and O–H groups in total. The van der Waals surface area contributed by atoms with Gasteiger partial charge in [-0.1, -0.05) is 0 Å². The van der Waals surface area contributed by atoms with E-state index in [0.29, 0.717) is 0 Å². The first-order valence-electron chi connectivity index (χ1n) is 6.77. The summed E-state index contributed by atoms with van der Waals surface area (Å²) < 4.78 is 68.1. The van der Waals surface area contributed by atoms with Crippen LogP contribution in [0.5, 0.6) is 0 Å². The zero-order valence-electron chi connectivity index (χ0n) is 12.8. The maximum Gasteiger partial charge on any atom is 0.300 e. The van der Waals surface area contributed by atoms with E-state index in [-0.39, 0.29) is 17.5 Å². The highest BCUT2D eigenvalue weighted by Crippen LogP contribution is 2.22. The smallest absolute Gasteiger partial charge is 0.300 e. The molecule has 0 spiro atoms. The van der Waals surface area contributed by atoms with E-state index in [2.05, 4.69) is 4.98 Å². The average Bonchev–Trinajstić information content (AvgIpc) is 2.54. The van der Waals surface area contributed by atoms with Gasteiger partial charge in [0, 0.05) is 19.7 Å². The number of nitrogens with zero attached hydrogens (tertiary/aromatic N) is 1. The third-order valence-corrected chi connectivity index (χ3v) is 4.22. The third kappa shape index (κ3) is 4.25. The van der Waals surface area contributed by atoms with Crippen LogP contribution in [0.3, 0.4) is 0 Å². The molecule has 0 unspecified atom stereocenters. The van der Waals surface area contributed by atoms with Gasteiger partial charge in [0.1, 0.15) is 0 Å². The summed E-state index contributed by atoms with van der Waals surface area (Å²) in [6, 6.07) is 3.02. The highest BCUT2D eigenvalue weighted by atomic mass is 32.2. The molecule has 11 heteroatoms. The summed E-state index contributed by atoms with van der Waals surface area (Å²) >= 11 is 0. The predicted molar refractivity (Wildman–Crippen MR) is 83.5 cm³/mol. The molecule has 2 aromatic rings. The second-order valence-electron chi connectivity index (χ2n) is 4.92. The molecule has 0 atom stereocenters. The van der Waals surface area contributed by atoms with Crippen molar-refractivity contribution in [2.24, 2.45) is 5.73 Å². The van der Waals surface area contributed by atoms with Crippen LogP contribution in [0.1, 0.15) is 21.5 Å². The summed E-state index contributed by atoms with van der Waals surface area (Å²) in [7, 11) is -2.87. The van der Waals surface area contributed by atoms with Crippen molar-refractivity contribution in [3.63, 3.8) is 0 Å². The number of hydrogen-bond donors (Lipinski definition) is 3. The average molecular weight is 374 g/mol. The maximum atomic E-state index is 14.4. The van der Waals surface area contributed by atoms with Gasteiger partial charge in [-0.05, 0) is 29.3 Å². The molecule has 1 aromatic heterocycles. The quantitative estimate of drug-likeness (QED) is 0.701. The SMILES string of the molecule is CNS(=O)(=O)Nc1nccc(Cc2cc(F)c(F)c(C(N)=O)c2)c1F. The van der Waals surface area contributed by atoms with Gasteiger partial charge < -0.3 is 5.73 Å². The summed E-state index contributed by atoms with van der Waals surface area (Å²) in [5.41, 5.74) is 4.32. The maximum absolute atomic E-state index is 14.4. The van der Waals surface area contributed by atoms with E-state index in [1.54, 1.807) is 0 Å². The number of primary amides is 1. The fourth-order valence-electron chi connectivity index (χ4n) is 2.02. The van der Waals surface area contributed by atoms with Gasteiger partial charge in [0.15, 0.2) is 23.3 Å². The number of carbonyl (C=O) groups excluding carboxylic acids is 1. The zero-order chi connectivity index (χ0) is 18.8. The van der Waals surface area contributed by atoms with Gasteiger partial charge in [-0.25, -0.2) is 22.9 Å². The van der Waals surface area contributed by atoms with E-state index in [9.17, 15) is 26.4 Å². The number of halogens is 3. The van der Waals surface area contributed by atoms with Crippen LogP contribution < -0.4 is 15.2 Å². The molecule has 0 fully saturated rings. The molecule has 0 saturated heterocycles. The minimum atomic E-state index is -3.99. The molecule has 1 aromatic carbocycles. The Morgan fingerprint density at radius 2 is 1.92 bits per heavy atom. The predicted octanol–water partition coefficient (Wildman–Crippen LogP) is 1.06. The van der Waals surface area contributed by atoms with Crippen molar-refractivity contribution in [1.82, 2.24) is 9.71 Å². The van der Waals surface area contributed by atoms with Crippen molar-refractivity contribution in [2.75, 3.05) is 11.8 Å². The second-order valence-corrected chi connectivity index (χ2v) is 6.54. The lowest BCUT2D eigenvalue weighted by atomic mass is 10.0. The molecular formula is C14H13F3N4O3S. The highest BCUT2D eigenvalue weighted by Gasteiger charge is 2.18. The molecule has 1 heterocycles. The minimum absolute atomic E-state index is 0.0507. The lowest BCUT2D eigenvalue weighted by molar-refractivity contribution is 0.0995. The van der Waals surface area contributed by atoms with Gasteiger partial charge in [-0.15, -0.1) is 0 Å². The molecule has 0 aliphatic rings. The van der Waals surface area contributed by atoms with Crippen LogP contribution in [0, 0.1) is 17.5 Å². The number of carbonyl (C=O) groups is 1. The topological polar surface area (TPSA) is 114 Å². The number of hydrogen-bond acceptors (Lipinski definition) is 4. The lowest BCUT2D eigenvalue weighted by Crippen LogP contribution is -2.27. The fraction of sp³-hybridized carbons (Fsp3) is 0.143. The lowest BCUT2D eigenvalue weighted by Gasteiger charge is -2.10. The van der Waals surface area contributed by atoms with Crippen LogP contribution in [0.25, 0.3) is 0 Å². The first kappa shape index (κ1) is 18.7. The standard InChI is InChI=1S/C14H13F3N4O3S/c1-19-25(23,24)21-14-11(16)8(2-3-20-14)4-7-5-9(13(18)22)12(17)10(15)6-7/h2-3,5-6,19H,4H2,1H3,(H2,18,22)(H,20,21). The number of aromatic nitrogens is 1. The number of nitrogens with two attached hydrogens (primary N) is 1. The summed E-state index contributed by atoms with van der Waals surface area (Å²) in [5.74, 6) is -5.43. The summed E-state index contributed by atoms with van der Waals surface area (Å²) in [6.07, 6.45) is 0.890. The minimum Gasteiger partial charge on any atom is -0.366 e. The zero-order valence-corrected chi connectivity index (χ0v) is 13.6. The van der Waals surface area contributed by atoms with Gasteiger partial charge in [-0.2, -0.15) is 8.42 Å². The van der Waals surface area contributed by atoms with Crippen LogP contribution in [0.4, 0.5) is 19.0 Å². The summed E-state index contributed by atoms with van der Waals surface area (Å²) in [5, 5.41) is 0. The Hall–Kier alpha value is -2.66. The Morgan fingerprint density at radius 1 is 1.24 bits per heavy atom. The van der Waals surface area contributed by atoms with Crippen molar-refractivity contribution in [3.05, 3.63) is 58.5 Å². The first-order chi connectivity index (χ1) is 11.6. The highest BCUT2D eigenvalue weighted by molar-refractivity contribution is 7.90. The molecule has 0 radical (unpaired) electrons. The molecule has 1 amide bonds. The molecule has 0 aliphatic heterocycles. The Bertz CT molecular complexity index is 935. The van der Waals surface area contributed by atoms with E-state index < -0.39 is 44.9 Å². The van der Waals surface area contributed by atoms with Crippen molar-refractivity contribution in [1.29, 1.82) is 0 Å².